The van der Waals surface area contributed by atoms with Crippen LogP contribution in [0.25, 0.3) is 0 Å². The highest BCUT2D eigenvalue weighted by Crippen LogP contribution is 2.26. The predicted molar refractivity (Wildman–Crippen MR) is 83.0 cm³/mol. The third-order valence-corrected chi connectivity index (χ3v) is 4.60. The first-order valence-corrected chi connectivity index (χ1v) is 8.23. The van der Waals surface area contributed by atoms with E-state index in [9.17, 15) is 14.4 Å². The molecule has 0 aromatic heterocycles. The van der Waals surface area contributed by atoms with Gasteiger partial charge < -0.3 is 4.90 Å². The van der Waals surface area contributed by atoms with Crippen molar-refractivity contribution in [3.05, 3.63) is 0 Å². The van der Waals surface area contributed by atoms with Gasteiger partial charge in [-0.25, -0.2) is 0 Å². The Morgan fingerprint density at radius 2 is 1.81 bits per heavy atom. The molecule has 0 bridgehead atoms. The van der Waals surface area contributed by atoms with Crippen LogP contribution in [0.4, 0.5) is 0 Å². The zero-order chi connectivity index (χ0) is 16.0. The lowest BCUT2D eigenvalue weighted by molar-refractivity contribution is -0.153. The fourth-order valence-corrected chi connectivity index (χ4v) is 2.61. The normalized spacial score (nSPS) is 19.4. The van der Waals surface area contributed by atoms with Gasteiger partial charge >= 0.3 is 0 Å². The number of carbonyl (C=O) groups is 3. The number of carbonyl (C=O) groups excluding carboxylic acids is 3. The molecular weight excluding hydrogens is 266 g/mol. The van der Waals surface area contributed by atoms with Crippen molar-refractivity contribution in [3.8, 4) is 0 Å². The first-order chi connectivity index (χ1) is 9.85. The van der Waals surface area contributed by atoms with Gasteiger partial charge in [-0.2, -0.15) is 0 Å². The molecule has 0 spiro atoms. The molecule has 0 aromatic rings. The van der Waals surface area contributed by atoms with Gasteiger partial charge in [-0.1, -0.05) is 34.1 Å². The number of likely N-dealkylation sites (tertiary alicyclic amines) is 1. The molecule has 0 aromatic carbocycles. The van der Waals surface area contributed by atoms with Crippen molar-refractivity contribution in [2.75, 3.05) is 6.54 Å². The molecule has 1 atom stereocenters. The number of ketones is 2. The Kier molecular flexibility index (Phi) is 6.56. The molecule has 0 radical (unpaired) electrons. The Bertz CT molecular complexity index is 401. The number of hydrogen-bond donors (Lipinski definition) is 0. The monoisotopic (exact) mass is 295 g/mol. The number of amides is 1. The minimum absolute atomic E-state index is 0.118. The summed E-state index contributed by atoms with van der Waals surface area (Å²) in [4.78, 5) is 38.7. The summed E-state index contributed by atoms with van der Waals surface area (Å²) in [6.45, 7) is 8.08. The smallest absolute Gasteiger partial charge is 0.291 e. The lowest BCUT2D eigenvalue weighted by Gasteiger charge is -2.36. The summed E-state index contributed by atoms with van der Waals surface area (Å²) in [5.74, 6) is -0.705. The van der Waals surface area contributed by atoms with E-state index in [1.54, 1.807) is 18.7 Å². The van der Waals surface area contributed by atoms with Crippen LogP contribution in [0, 0.1) is 5.41 Å². The zero-order valence-corrected chi connectivity index (χ0v) is 13.9. The number of nitrogens with zero attached hydrogens (tertiary/aromatic N) is 1. The van der Waals surface area contributed by atoms with E-state index in [0.29, 0.717) is 25.8 Å². The standard InChI is InChI=1S/C17H29NO3/c1-5-7-11-14(19)13-10-8-9-12-18(13)16(21)15(20)17(3,4)6-2/h13H,5-12H2,1-4H3/t13-/m0/s1. The van der Waals surface area contributed by atoms with Crippen molar-refractivity contribution >= 4 is 17.5 Å². The van der Waals surface area contributed by atoms with Gasteiger partial charge in [0, 0.05) is 18.4 Å². The zero-order valence-electron chi connectivity index (χ0n) is 13.9. The van der Waals surface area contributed by atoms with Crippen LogP contribution in [0.3, 0.4) is 0 Å². The van der Waals surface area contributed by atoms with E-state index in [0.717, 1.165) is 25.7 Å². The molecule has 1 amide bonds. The minimum Gasteiger partial charge on any atom is -0.326 e. The number of hydrogen-bond acceptors (Lipinski definition) is 3. The third-order valence-electron chi connectivity index (χ3n) is 4.60. The van der Waals surface area contributed by atoms with Crippen LogP contribution in [0.15, 0.2) is 0 Å². The fourth-order valence-electron chi connectivity index (χ4n) is 2.61. The molecule has 0 aliphatic carbocycles. The van der Waals surface area contributed by atoms with Crippen molar-refractivity contribution in [3.63, 3.8) is 0 Å². The summed E-state index contributed by atoms with van der Waals surface area (Å²) in [6, 6.07) is -0.380. The quantitative estimate of drug-likeness (QED) is 0.678. The first kappa shape index (κ1) is 17.9. The molecule has 1 rings (SSSR count). The third kappa shape index (κ3) is 4.39. The highest BCUT2D eigenvalue weighted by molar-refractivity contribution is 6.38. The largest absolute Gasteiger partial charge is 0.326 e. The maximum absolute atomic E-state index is 12.5. The average Bonchev–Trinajstić information content (AvgIpc) is 2.51. The summed E-state index contributed by atoms with van der Waals surface area (Å²) in [5.41, 5.74) is -0.647. The second-order valence-corrected chi connectivity index (χ2v) is 6.65. The van der Waals surface area contributed by atoms with Crippen molar-refractivity contribution in [2.24, 2.45) is 5.41 Å². The van der Waals surface area contributed by atoms with Crippen LogP contribution in [0.2, 0.25) is 0 Å². The molecule has 1 heterocycles. The maximum Gasteiger partial charge on any atom is 0.291 e. The average molecular weight is 295 g/mol. The molecule has 4 nitrogen and oxygen atoms in total. The van der Waals surface area contributed by atoms with Gasteiger partial charge in [-0.05, 0) is 32.1 Å². The first-order valence-electron chi connectivity index (χ1n) is 8.23. The second kappa shape index (κ2) is 7.71. The molecule has 120 valence electrons. The Morgan fingerprint density at radius 3 is 2.38 bits per heavy atom. The number of Topliss-reactive ketones (excluding diaryl/α,β-unsaturated/α-hetero) is 2. The van der Waals surface area contributed by atoms with Gasteiger partial charge in [0.25, 0.3) is 5.91 Å². The van der Waals surface area contributed by atoms with E-state index in [1.165, 1.54) is 0 Å². The predicted octanol–water partition coefficient (Wildman–Crippen LogP) is 3.13. The molecule has 21 heavy (non-hydrogen) atoms. The number of piperidine rings is 1. The number of rotatable bonds is 7. The van der Waals surface area contributed by atoms with Gasteiger partial charge in [0.2, 0.25) is 5.78 Å². The highest BCUT2D eigenvalue weighted by atomic mass is 16.2. The van der Waals surface area contributed by atoms with E-state index in [2.05, 4.69) is 0 Å². The van der Waals surface area contributed by atoms with Crippen molar-refractivity contribution in [2.45, 2.75) is 78.7 Å². The minimum atomic E-state index is -0.647. The van der Waals surface area contributed by atoms with Crippen molar-refractivity contribution in [1.82, 2.24) is 4.90 Å². The van der Waals surface area contributed by atoms with E-state index >= 15 is 0 Å². The van der Waals surface area contributed by atoms with E-state index < -0.39 is 11.3 Å². The van der Waals surface area contributed by atoms with Crippen LogP contribution >= 0.6 is 0 Å². The summed E-state index contributed by atoms with van der Waals surface area (Å²) in [5, 5.41) is 0. The summed E-state index contributed by atoms with van der Waals surface area (Å²) in [6.07, 6.45) is 5.49. The SMILES string of the molecule is CCCCC(=O)[C@@H]1CCCCN1C(=O)C(=O)C(C)(C)CC. The van der Waals surface area contributed by atoms with Crippen molar-refractivity contribution < 1.29 is 14.4 Å². The fraction of sp³-hybridized carbons (Fsp3) is 0.824. The molecule has 0 N–H and O–H groups in total. The Morgan fingerprint density at radius 1 is 1.14 bits per heavy atom. The summed E-state index contributed by atoms with van der Waals surface area (Å²) >= 11 is 0. The lowest BCUT2D eigenvalue weighted by Crippen LogP contribution is -2.52. The molecular formula is C17H29NO3. The van der Waals surface area contributed by atoms with Gasteiger partial charge in [0.15, 0.2) is 5.78 Å². The second-order valence-electron chi connectivity index (χ2n) is 6.65. The van der Waals surface area contributed by atoms with Crippen LogP contribution < -0.4 is 0 Å². The Balaban J connectivity index is 2.83. The Hall–Kier alpha value is -1.19. The molecule has 1 fully saturated rings. The van der Waals surface area contributed by atoms with Gasteiger partial charge in [-0.3, -0.25) is 14.4 Å². The van der Waals surface area contributed by atoms with Crippen LogP contribution in [-0.4, -0.2) is 35.0 Å². The summed E-state index contributed by atoms with van der Waals surface area (Å²) < 4.78 is 0. The molecule has 1 saturated heterocycles. The van der Waals surface area contributed by atoms with Crippen LogP contribution in [0.1, 0.15) is 72.6 Å². The maximum atomic E-state index is 12.5. The molecule has 0 saturated carbocycles. The van der Waals surface area contributed by atoms with Gasteiger partial charge in [-0.15, -0.1) is 0 Å². The van der Waals surface area contributed by atoms with Crippen molar-refractivity contribution in [1.29, 1.82) is 0 Å². The molecule has 1 aliphatic heterocycles. The molecule has 1 aliphatic rings. The van der Waals surface area contributed by atoms with Gasteiger partial charge in [0.1, 0.15) is 0 Å². The van der Waals surface area contributed by atoms with Gasteiger partial charge in [0.05, 0.1) is 6.04 Å². The van der Waals surface area contributed by atoms with Crippen LogP contribution in [-0.2, 0) is 14.4 Å². The van der Waals surface area contributed by atoms with E-state index in [-0.39, 0.29) is 17.6 Å². The lowest BCUT2D eigenvalue weighted by atomic mass is 9.83. The van der Waals surface area contributed by atoms with E-state index in [4.69, 9.17) is 0 Å². The summed E-state index contributed by atoms with van der Waals surface area (Å²) in [7, 11) is 0. The Labute approximate surface area is 128 Å². The van der Waals surface area contributed by atoms with Crippen LogP contribution in [0.5, 0.6) is 0 Å². The van der Waals surface area contributed by atoms with E-state index in [1.807, 2.05) is 13.8 Å². The molecule has 4 heteroatoms. The number of unbranched alkanes of at least 4 members (excludes halogenated alkanes) is 1. The highest BCUT2D eigenvalue weighted by Gasteiger charge is 2.39. The topological polar surface area (TPSA) is 54.5 Å². The molecule has 0 unspecified atom stereocenters.